The fraction of sp³-hybridized carbons (Fsp3) is 0. The van der Waals surface area contributed by atoms with Crippen LogP contribution in [0.2, 0.25) is 0 Å². The predicted octanol–water partition coefficient (Wildman–Crippen LogP) is 5.03. The fourth-order valence-electron chi connectivity index (χ4n) is 2.47. The zero-order valence-electron chi connectivity index (χ0n) is 13.3. The van der Waals surface area contributed by atoms with E-state index in [1.165, 1.54) is 11.8 Å². The van der Waals surface area contributed by atoms with Gasteiger partial charge in [-0.15, -0.1) is 0 Å². The summed E-state index contributed by atoms with van der Waals surface area (Å²) < 4.78 is 0. The molecule has 0 aliphatic rings. The maximum absolute atomic E-state index is 12.0. The number of phenols is 1. The van der Waals surface area contributed by atoms with E-state index in [4.69, 9.17) is 0 Å². The van der Waals surface area contributed by atoms with Crippen molar-refractivity contribution in [2.75, 3.05) is 0 Å². The molecule has 0 amide bonds. The average Bonchev–Trinajstić information content (AvgIpc) is 2.64. The van der Waals surface area contributed by atoms with Crippen molar-refractivity contribution in [2.45, 2.75) is 4.90 Å². The Morgan fingerprint density at radius 2 is 1.20 bits per heavy atom. The minimum Gasteiger partial charge on any atom is -0.508 e. The second kappa shape index (κ2) is 7.73. The van der Waals surface area contributed by atoms with Gasteiger partial charge >= 0.3 is 5.97 Å². The third-order valence-electron chi connectivity index (χ3n) is 3.60. The van der Waals surface area contributed by atoms with Gasteiger partial charge in [0.15, 0.2) is 0 Å². The van der Waals surface area contributed by atoms with Gasteiger partial charge in [0.2, 0.25) is 0 Å². The van der Waals surface area contributed by atoms with Gasteiger partial charge < -0.3 is 10.2 Å². The third-order valence-corrected chi connectivity index (χ3v) is 4.69. The van der Waals surface area contributed by atoms with Crippen LogP contribution in [0.1, 0.15) is 11.1 Å². The van der Waals surface area contributed by atoms with Crippen LogP contribution in [0.15, 0.2) is 94.7 Å². The molecule has 3 aromatic rings. The topological polar surface area (TPSA) is 57.5 Å². The smallest absolute Gasteiger partial charge is 0.343 e. The number of benzene rings is 3. The van der Waals surface area contributed by atoms with E-state index in [0.29, 0.717) is 5.57 Å². The number of phenolic OH excluding ortho intramolecular Hbond substituents is 1. The molecule has 0 aliphatic carbocycles. The van der Waals surface area contributed by atoms with Crippen LogP contribution in [0.25, 0.3) is 5.57 Å². The zero-order valence-corrected chi connectivity index (χ0v) is 14.1. The lowest BCUT2D eigenvalue weighted by molar-refractivity contribution is -0.131. The second-order valence-corrected chi connectivity index (χ2v) is 6.42. The summed E-state index contributed by atoms with van der Waals surface area (Å²) >= 11 is 1.17. The molecule has 0 aromatic heterocycles. The molecule has 0 radical (unpaired) electrons. The van der Waals surface area contributed by atoms with Crippen LogP contribution in [0.3, 0.4) is 0 Å². The largest absolute Gasteiger partial charge is 0.508 e. The summed E-state index contributed by atoms with van der Waals surface area (Å²) in [4.78, 5) is 13.0. The lowest BCUT2D eigenvalue weighted by Gasteiger charge is -2.13. The molecule has 0 heterocycles. The van der Waals surface area contributed by atoms with Crippen LogP contribution in [-0.2, 0) is 4.79 Å². The first kappa shape index (κ1) is 16.9. The number of aromatic hydroxyl groups is 1. The highest BCUT2D eigenvalue weighted by Crippen LogP contribution is 2.37. The van der Waals surface area contributed by atoms with Crippen LogP contribution in [0, 0.1) is 0 Å². The number of carboxylic acid groups (broad SMARTS) is 1. The van der Waals surface area contributed by atoms with Gasteiger partial charge in [0.25, 0.3) is 0 Å². The molecule has 0 saturated heterocycles. The number of aliphatic carboxylic acids is 1. The van der Waals surface area contributed by atoms with Crippen molar-refractivity contribution in [2.24, 2.45) is 0 Å². The van der Waals surface area contributed by atoms with Gasteiger partial charge in [-0.25, -0.2) is 4.79 Å². The van der Waals surface area contributed by atoms with Crippen LogP contribution in [0.4, 0.5) is 0 Å². The van der Waals surface area contributed by atoms with E-state index in [-0.39, 0.29) is 10.7 Å². The highest BCUT2D eigenvalue weighted by molar-refractivity contribution is 8.04. The van der Waals surface area contributed by atoms with Crippen molar-refractivity contribution in [1.29, 1.82) is 0 Å². The fourth-order valence-corrected chi connectivity index (χ4v) is 3.41. The van der Waals surface area contributed by atoms with E-state index < -0.39 is 5.97 Å². The van der Waals surface area contributed by atoms with E-state index in [9.17, 15) is 15.0 Å². The van der Waals surface area contributed by atoms with Gasteiger partial charge in [0, 0.05) is 10.5 Å². The Hall–Kier alpha value is -2.98. The molecule has 0 unspecified atom stereocenters. The first-order chi connectivity index (χ1) is 12.1. The maximum Gasteiger partial charge on any atom is 0.343 e. The Morgan fingerprint density at radius 1 is 0.720 bits per heavy atom. The number of thioether (sulfide) groups is 1. The molecule has 2 N–H and O–H groups in total. The van der Waals surface area contributed by atoms with Crippen molar-refractivity contribution in [3.05, 3.63) is 101 Å². The molecule has 3 aromatic carbocycles. The summed E-state index contributed by atoms with van der Waals surface area (Å²) in [6.45, 7) is 0. The van der Waals surface area contributed by atoms with Gasteiger partial charge in [-0.1, -0.05) is 72.4 Å². The number of carbonyl (C=O) groups is 1. The minimum absolute atomic E-state index is 0.150. The van der Waals surface area contributed by atoms with Gasteiger partial charge in [-0.2, -0.15) is 0 Å². The van der Waals surface area contributed by atoms with E-state index in [1.807, 2.05) is 60.7 Å². The van der Waals surface area contributed by atoms with E-state index in [0.717, 1.165) is 16.0 Å². The molecule has 0 atom stereocenters. The first-order valence-corrected chi connectivity index (χ1v) is 8.52. The molecule has 0 bridgehead atoms. The van der Waals surface area contributed by atoms with Crippen molar-refractivity contribution in [1.82, 2.24) is 0 Å². The lowest BCUT2D eigenvalue weighted by Crippen LogP contribution is -2.03. The number of carboxylic acids is 1. The Kier molecular flexibility index (Phi) is 5.21. The van der Waals surface area contributed by atoms with Gasteiger partial charge in [-0.05, 0) is 35.4 Å². The summed E-state index contributed by atoms with van der Waals surface area (Å²) in [7, 11) is 0. The zero-order chi connectivity index (χ0) is 17.6. The average molecular weight is 348 g/mol. The molecule has 0 spiro atoms. The molecule has 25 heavy (non-hydrogen) atoms. The monoisotopic (exact) mass is 348 g/mol. The SMILES string of the molecule is O=C(O)C(Sc1ccc(O)cc1)=C(c1ccccc1)c1ccccc1. The van der Waals surface area contributed by atoms with Crippen molar-refractivity contribution >= 4 is 23.3 Å². The summed E-state index contributed by atoms with van der Waals surface area (Å²) in [6.07, 6.45) is 0. The minimum atomic E-state index is -0.985. The molecule has 0 aliphatic heterocycles. The van der Waals surface area contributed by atoms with Crippen LogP contribution in [-0.4, -0.2) is 16.2 Å². The highest BCUT2D eigenvalue weighted by atomic mass is 32.2. The number of rotatable bonds is 5. The molecule has 4 heteroatoms. The summed E-state index contributed by atoms with van der Waals surface area (Å²) in [5.74, 6) is -0.836. The number of hydrogen-bond acceptors (Lipinski definition) is 3. The maximum atomic E-state index is 12.0. The van der Waals surface area contributed by atoms with E-state index >= 15 is 0 Å². The molecule has 3 rings (SSSR count). The lowest BCUT2D eigenvalue weighted by atomic mass is 9.97. The molecule has 0 saturated carbocycles. The van der Waals surface area contributed by atoms with Crippen LogP contribution < -0.4 is 0 Å². The van der Waals surface area contributed by atoms with Crippen molar-refractivity contribution < 1.29 is 15.0 Å². The Labute approximate surface area is 150 Å². The van der Waals surface area contributed by atoms with Crippen molar-refractivity contribution in [3.8, 4) is 5.75 Å². The first-order valence-electron chi connectivity index (χ1n) is 7.70. The van der Waals surface area contributed by atoms with Crippen molar-refractivity contribution in [3.63, 3.8) is 0 Å². The Balaban J connectivity index is 2.17. The predicted molar refractivity (Wildman–Crippen MR) is 101 cm³/mol. The summed E-state index contributed by atoms with van der Waals surface area (Å²) in [6, 6.07) is 25.5. The number of hydrogen-bond donors (Lipinski definition) is 2. The highest BCUT2D eigenvalue weighted by Gasteiger charge is 2.19. The quantitative estimate of drug-likeness (QED) is 0.502. The second-order valence-electron chi connectivity index (χ2n) is 5.34. The molecular weight excluding hydrogens is 332 g/mol. The van der Waals surface area contributed by atoms with Crippen LogP contribution in [0.5, 0.6) is 5.75 Å². The van der Waals surface area contributed by atoms with Gasteiger partial charge in [0.1, 0.15) is 10.7 Å². The molecule has 0 fully saturated rings. The third kappa shape index (κ3) is 4.11. The normalized spacial score (nSPS) is 10.2. The van der Waals surface area contributed by atoms with E-state index in [1.54, 1.807) is 24.3 Å². The Bertz CT molecular complexity index is 844. The van der Waals surface area contributed by atoms with Crippen LogP contribution >= 0.6 is 11.8 Å². The summed E-state index contributed by atoms with van der Waals surface area (Å²) in [5.41, 5.74) is 2.36. The molecule has 3 nitrogen and oxygen atoms in total. The Morgan fingerprint density at radius 3 is 1.64 bits per heavy atom. The molecular formula is C21H16O3S. The van der Waals surface area contributed by atoms with Gasteiger partial charge in [-0.3, -0.25) is 0 Å². The summed E-state index contributed by atoms with van der Waals surface area (Å²) in [5, 5.41) is 19.3. The molecule has 124 valence electrons. The van der Waals surface area contributed by atoms with Gasteiger partial charge in [0.05, 0.1) is 0 Å². The van der Waals surface area contributed by atoms with E-state index in [2.05, 4.69) is 0 Å². The standard InChI is InChI=1S/C21H16O3S/c22-17-11-13-18(14-12-17)25-20(21(23)24)19(15-7-3-1-4-8-15)16-9-5-2-6-10-16/h1-14,22H,(H,23,24).